The SMILES string of the molecule is C=C(N)CCCCCCCCCCC(=O)NC(C(C)C)C(C1CC1)C(C)C(NC)C(C)=O.CC. The Morgan fingerprint density at radius 2 is 1.38 bits per heavy atom. The van der Waals surface area contributed by atoms with E-state index in [1.54, 1.807) is 6.92 Å². The molecule has 200 valence electrons. The summed E-state index contributed by atoms with van der Waals surface area (Å²) in [6.07, 6.45) is 13.4. The second-order valence-electron chi connectivity index (χ2n) is 10.5. The summed E-state index contributed by atoms with van der Waals surface area (Å²) in [4.78, 5) is 24.9. The van der Waals surface area contributed by atoms with Crippen molar-refractivity contribution < 1.29 is 9.59 Å². The van der Waals surface area contributed by atoms with Crippen molar-refractivity contribution in [2.24, 2.45) is 29.4 Å². The third-order valence-electron chi connectivity index (χ3n) is 7.16. The van der Waals surface area contributed by atoms with Gasteiger partial charge in [0.25, 0.3) is 0 Å². The number of likely N-dealkylation sites (N-methyl/N-ethyl adjacent to an activating group) is 1. The standard InChI is InChI=1S/C27H51N3O2.C2H6/c1-19(2)26(25(23-17-18-23)21(4)27(29-6)22(5)31)30-24(32)16-14-12-10-8-7-9-11-13-15-20(3)28;1-2/h19,21,23,25-27,29H,3,7-18,28H2,1-2,4-6H3,(H,30,32);1-2H3. The number of nitrogens with one attached hydrogen (secondary N) is 2. The number of hydrogen-bond donors (Lipinski definition) is 3. The predicted octanol–water partition coefficient (Wildman–Crippen LogP) is 6.37. The van der Waals surface area contributed by atoms with E-state index in [9.17, 15) is 9.59 Å². The molecule has 0 aliphatic heterocycles. The van der Waals surface area contributed by atoms with E-state index >= 15 is 0 Å². The molecule has 4 atom stereocenters. The van der Waals surface area contributed by atoms with Crippen LogP contribution in [0, 0.1) is 23.7 Å². The number of rotatable bonds is 19. The minimum absolute atomic E-state index is 0.129. The fourth-order valence-electron chi connectivity index (χ4n) is 5.25. The van der Waals surface area contributed by atoms with Gasteiger partial charge in [-0.3, -0.25) is 9.59 Å². The normalized spacial score (nSPS) is 16.7. The highest BCUT2D eigenvalue weighted by Crippen LogP contribution is 2.44. The van der Waals surface area contributed by atoms with Crippen molar-refractivity contribution in [3.8, 4) is 0 Å². The molecule has 4 unspecified atom stereocenters. The molecule has 0 aromatic carbocycles. The smallest absolute Gasteiger partial charge is 0.220 e. The zero-order chi connectivity index (χ0) is 26.1. The van der Waals surface area contributed by atoms with Crippen LogP contribution >= 0.6 is 0 Å². The van der Waals surface area contributed by atoms with E-state index in [0.29, 0.717) is 24.2 Å². The Bertz CT molecular complexity index is 572. The molecule has 1 fully saturated rings. The van der Waals surface area contributed by atoms with Gasteiger partial charge in [0, 0.05) is 18.2 Å². The number of nitrogens with two attached hydrogens (primary N) is 1. The number of ketones is 1. The molecule has 0 radical (unpaired) electrons. The van der Waals surface area contributed by atoms with Gasteiger partial charge in [-0.05, 0) is 69.7 Å². The van der Waals surface area contributed by atoms with Crippen molar-refractivity contribution in [1.29, 1.82) is 0 Å². The summed E-state index contributed by atoms with van der Waals surface area (Å²) < 4.78 is 0. The highest BCUT2D eigenvalue weighted by atomic mass is 16.1. The first-order valence-corrected chi connectivity index (χ1v) is 14.1. The number of carbonyl (C=O) groups excluding carboxylic acids is 2. The molecule has 5 nitrogen and oxygen atoms in total. The topological polar surface area (TPSA) is 84.2 Å². The van der Waals surface area contributed by atoms with Crippen LogP contribution in [0.1, 0.15) is 119 Å². The largest absolute Gasteiger partial charge is 0.403 e. The fraction of sp³-hybridized carbons (Fsp3) is 0.862. The van der Waals surface area contributed by atoms with Crippen LogP contribution < -0.4 is 16.4 Å². The van der Waals surface area contributed by atoms with Crippen LogP contribution in [-0.2, 0) is 9.59 Å². The van der Waals surface area contributed by atoms with Crippen LogP contribution in [0.25, 0.3) is 0 Å². The lowest BCUT2D eigenvalue weighted by molar-refractivity contribution is -0.123. The van der Waals surface area contributed by atoms with Crippen LogP contribution in [0.3, 0.4) is 0 Å². The van der Waals surface area contributed by atoms with Crippen molar-refractivity contribution >= 4 is 11.7 Å². The van der Waals surface area contributed by atoms with Crippen molar-refractivity contribution in [2.45, 2.75) is 131 Å². The average molecular weight is 480 g/mol. The Kier molecular flexibility index (Phi) is 18.1. The zero-order valence-corrected chi connectivity index (χ0v) is 23.6. The maximum Gasteiger partial charge on any atom is 0.220 e. The molecule has 1 saturated carbocycles. The molecule has 0 heterocycles. The van der Waals surface area contributed by atoms with E-state index in [2.05, 4.69) is 38.0 Å². The summed E-state index contributed by atoms with van der Waals surface area (Å²) in [6, 6.07) is -0.0160. The van der Waals surface area contributed by atoms with Gasteiger partial charge in [0.2, 0.25) is 5.91 Å². The monoisotopic (exact) mass is 479 g/mol. The van der Waals surface area contributed by atoms with Gasteiger partial charge >= 0.3 is 0 Å². The lowest BCUT2D eigenvalue weighted by Gasteiger charge is -2.38. The Morgan fingerprint density at radius 1 is 0.912 bits per heavy atom. The number of allylic oxidation sites excluding steroid dienone is 1. The summed E-state index contributed by atoms with van der Waals surface area (Å²) in [7, 11) is 1.87. The first-order valence-electron chi connectivity index (χ1n) is 14.1. The van der Waals surface area contributed by atoms with Crippen molar-refractivity contribution in [1.82, 2.24) is 10.6 Å². The van der Waals surface area contributed by atoms with E-state index in [1.807, 2.05) is 20.9 Å². The molecule has 1 amide bonds. The van der Waals surface area contributed by atoms with Crippen molar-refractivity contribution in [3.05, 3.63) is 12.3 Å². The molecule has 1 aliphatic carbocycles. The minimum atomic E-state index is -0.145. The summed E-state index contributed by atoms with van der Waals surface area (Å²) >= 11 is 0. The maximum atomic E-state index is 12.8. The van der Waals surface area contributed by atoms with Gasteiger partial charge in [0.15, 0.2) is 0 Å². The van der Waals surface area contributed by atoms with Crippen LogP contribution in [0.4, 0.5) is 0 Å². The number of carbonyl (C=O) groups is 2. The average Bonchev–Trinajstić information content (AvgIpc) is 3.61. The highest BCUT2D eigenvalue weighted by Gasteiger charge is 2.44. The number of Topliss-reactive ketones (excluding diaryl/α,β-unsaturated/α-hetero) is 1. The predicted molar refractivity (Wildman–Crippen MR) is 147 cm³/mol. The van der Waals surface area contributed by atoms with Gasteiger partial charge in [0.05, 0.1) is 6.04 Å². The molecule has 0 aromatic heterocycles. The van der Waals surface area contributed by atoms with Gasteiger partial charge < -0.3 is 16.4 Å². The second kappa shape index (κ2) is 18.9. The Balaban J connectivity index is 0.00000529. The van der Waals surface area contributed by atoms with E-state index in [0.717, 1.165) is 31.4 Å². The van der Waals surface area contributed by atoms with E-state index in [1.165, 1.54) is 44.9 Å². The summed E-state index contributed by atoms with van der Waals surface area (Å²) in [5.74, 6) is 1.89. The summed E-state index contributed by atoms with van der Waals surface area (Å²) in [6.45, 7) is 16.0. The van der Waals surface area contributed by atoms with E-state index < -0.39 is 0 Å². The van der Waals surface area contributed by atoms with Crippen molar-refractivity contribution in [2.75, 3.05) is 7.05 Å². The van der Waals surface area contributed by atoms with Crippen molar-refractivity contribution in [3.63, 3.8) is 0 Å². The maximum absolute atomic E-state index is 12.8. The molecule has 5 heteroatoms. The molecule has 4 N–H and O–H groups in total. The fourth-order valence-corrected chi connectivity index (χ4v) is 5.25. The van der Waals surface area contributed by atoms with Crippen LogP contribution in [0.15, 0.2) is 12.3 Å². The van der Waals surface area contributed by atoms with Gasteiger partial charge in [0.1, 0.15) is 5.78 Å². The molecule has 0 aromatic rings. The molecular weight excluding hydrogens is 422 g/mol. The molecule has 1 rings (SSSR count). The lowest BCUT2D eigenvalue weighted by atomic mass is 9.74. The molecule has 34 heavy (non-hydrogen) atoms. The number of unbranched alkanes of at least 4 members (excludes halogenated alkanes) is 7. The highest BCUT2D eigenvalue weighted by molar-refractivity contribution is 5.81. The quantitative estimate of drug-likeness (QED) is 0.188. The number of hydrogen-bond acceptors (Lipinski definition) is 4. The van der Waals surface area contributed by atoms with Gasteiger partial charge in [-0.2, -0.15) is 0 Å². The van der Waals surface area contributed by atoms with Gasteiger partial charge in [-0.1, -0.05) is 79.7 Å². The van der Waals surface area contributed by atoms with E-state index in [-0.39, 0.29) is 29.7 Å². The Hall–Kier alpha value is -1.36. The summed E-state index contributed by atoms with van der Waals surface area (Å²) in [5, 5.41) is 6.59. The van der Waals surface area contributed by atoms with Gasteiger partial charge in [-0.25, -0.2) is 0 Å². The molecule has 0 bridgehead atoms. The molecular formula is C29H57N3O2. The first-order chi connectivity index (χ1) is 16.2. The number of amides is 1. The molecule has 1 aliphatic rings. The second-order valence-corrected chi connectivity index (χ2v) is 10.5. The zero-order valence-electron chi connectivity index (χ0n) is 23.6. The van der Waals surface area contributed by atoms with Crippen LogP contribution in [0.5, 0.6) is 0 Å². The van der Waals surface area contributed by atoms with Crippen LogP contribution in [0.2, 0.25) is 0 Å². The van der Waals surface area contributed by atoms with E-state index in [4.69, 9.17) is 5.73 Å². The third-order valence-corrected chi connectivity index (χ3v) is 7.16. The Labute approximate surface area is 211 Å². The molecule has 0 saturated heterocycles. The molecule has 0 spiro atoms. The summed E-state index contributed by atoms with van der Waals surface area (Å²) in [5.41, 5.74) is 6.39. The Morgan fingerprint density at radius 3 is 1.76 bits per heavy atom. The lowest BCUT2D eigenvalue weighted by Crippen LogP contribution is -2.52. The minimum Gasteiger partial charge on any atom is -0.403 e. The first kappa shape index (κ1) is 32.6. The van der Waals surface area contributed by atoms with Crippen LogP contribution in [-0.4, -0.2) is 30.8 Å². The third kappa shape index (κ3) is 13.5. The van der Waals surface area contributed by atoms with Gasteiger partial charge in [-0.15, -0.1) is 0 Å².